The molecule has 0 unspecified atom stereocenters. The molecular formula is C23H26N6O3S. The molecule has 10 heteroatoms. The third-order valence-electron chi connectivity index (χ3n) is 6.09. The van der Waals surface area contributed by atoms with E-state index in [2.05, 4.69) is 16.2 Å². The van der Waals surface area contributed by atoms with Crippen LogP contribution in [0, 0.1) is 25.2 Å². The first-order valence-corrected chi connectivity index (χ1v) is 12.4. The molecule has 0 spiro atoms. The van der Waals surface area contributed by atoms with E-state index < -0.39 is 10.0 Å². The summed E-state index contributed by atoms with van der Waals surface area (Å²) in [5.74, 6) is -0.0382. The normalized spacial score (nSPS) is 15.0. The molecule has 0 atom stereocenters. The van der Waals surface area contributed by atoms with Crippen molar-refractivity contribution in [2.45, 2.75) is 32.4 Å². The van der Waals surface area contributed by atoms with E-state index in [9.17, 15) is 18.5 Å². The Kier molecular flexibility index (Phi) is 6.44. The summed E-state index contributed by atoms with van der Waals surface area (Å²) in [6.45, 7) is 5.15. The highest BCUT2D eigenvalue weighted by molar-refractivity contribution is 7.88. The number of nitriles is 1. The molecule has 0 bridgehead atoms. The van der Waals surface area contributed by atoms with E-state index in [1.54, 1.807) is 21.5 Å². The largest absolute Gasteiger partial charge is 0.340 e. The zero-order chi connectivity index (χ0) is 23.6. The molecule has 172 valence electrons. The predicted molar refractivity (Wildman–Crippen MR) is 123 cm³/mol. The van der Waals surface area contributed by atoms with Gasteiger partial charge in [0.1, 0.15) is 11.6 Å². The molecule has 1 fully saturated rings. The molecular weight excluding hydrogens is 440 g/mol. The molecule has 0 N–H and O–H groups in total. The van der Waals surface area contributed by atoms with Gasteiger partial charge in [-0.2, -0.15) is 14.7 Å². The number of hydrogen-bond acceptors (Lipinski definition) is 6. The molecule has 1 aliphatic heterocycles. The monoisotopic (exact) mass is 466 g/mol. The topological polar surface area (TPSA) is 112 Å². The molecule has 3 heterocycles. The van der Waals surface area contributed by atoms with Crippen molar-refractivity contribution in [2.24, 2.45) is 0 Å². The van der Waals surface area contributed by atoms with Gasteiger partial charge in [-0.1, -0.05) is 30.3 Å². The third-order valence-corrected chi connectivity index (χ3v) is 7.94. The minimum Gasteiger partial charge on any atom is -0.340 e. The zero-order valence-electron chi connectivity index (χ0n) is 18.7. The lowest BCUT2D eigenvalue weighted by atomic mass is 10.1. The highest BCUT2D eigenvalue weighted by Crippen LogP contribution is 2.19. The Morgan fingerprint density at radius 3 is 2.48 bits per heavy atom. The van der Waals surface area contributed by atoms with E-state index in [0.29, 0.717) is 50.2 Å². The summed E-state index contributed by atoms with van der Waals surface area (Å²) < 4.78 is 28.6. The average molecular weight is 467 g/mol. The minimum atomic E-state index is -3.42. The summed E-state index contributed by atoms with van der Waals surface area (Å²) in [5.41, 5.74) is 4.28. The number of carbonyl (C=O) groups excluding carboxylic acids is 1. The molecule has 1 aromatic carbocycles. The summed E-state index contributed by atoms with van der Waals surface area (Å²) in [6.07, 6.45) is 2.31. The molecule has 9 nitrogen and oxygen atoms in total. The molecule has 2 aromatic heterocycles. The second-order valence-corrected chi connectivity index (χ2v) is 10.2. The maximum Gasteiger partial charge on any atom is 0.222 e. The van der Waals surface area contributed by atoms with Crippen molar-refractivity contribution in [3.8, 4) is 6.07 Å². The van der Waals surface area contributed by atoms with Crippen LogP contribution in [0.4, 0.5) is 0 Å². The third kappa shape index (κ3) is 4.74. The van der Waals surface area contributed by atoms with Crippen LogP contribution in [-0.4, -0.2) is 64.3 Å². The van der Waals surface area contributed by atoms with Gasteiger partial charge in [-0.25, -0.2) is 17.9 Å². The maximum absolute atomic E-state index is 12.8. The van der Waals surface area contributed by atoms with Gasteiger partial charge >= 0.3 is 0 Å². The highest BCUT2D eigenvalue weighted by Gasteiger charge is 2.29. The SMILES string of the molecule is Cc1nc2c(C#N)cnn2c(C)c1CCC(=O)N1CCN(S(=O)(=O)Cc2ccccc2)CC1. The second-order valence-electron chi connectivity index (χ2n) is 8.19. The Balaban J connectivity index is 1.36. The van der Waals surface area contributed by atoms with Crippen LogP contribution in [0.3, 0.4) is 0 Å². The standard InChI is InChI=1S/C23H26N6O3S/c1-17-21(18(2)29-23(26-17)20(14-24)15-25-29)8-9-22(30)27-10-12-28(13-11-27)33(31,32)16-19-6-4-3-5-7-19/h3-7,15H,8-13,16H2,1-2H3. The number of carbonyl (C=O) groups is 1. The van der Waals surface area contributed by atoms with Crippen molar-refractivity contribution in [2.75, 3.05) is 26.2 Å². The smallest absolute Gasteiger partial charge is 0.222 e. The number of amides is 1. The Morgan fingerprint density at radius 1 is 1.12 bits per heavy atom. The van der Waals surface area contributed by atoms with Crippen LogP contribution in [0.25, 0.3) is 5.65 Å². The number of benzene rings is 1. The van der Waals surface area contributed by atoms with E-state index in [-0.39, 0.29) is 11.7 Å². The second kappa shape index (κ2) is 9.29. The van der Waals surface area contributed by atoms with Gasteiger partial charge in [-0.15, -0.1) is 0 Å². The van der Waals surface area contributed by atoms with E-state index in [4.69, 9.17) is 0 Å². The number of nitrogens with zero attached hydrogens (tertiary/aromatic N) is 6. The molecule has 0 saturated carbocycles. The van der Waals surface area contributed by atoms with Crippen molar-refractivity contribution >= 4 is 21.6 Å². The molecule has 1 aliphatic rings. The van der Waals surface area contributed by atoms with Crippen LogP contribution < -0.4 is 0 Å². The Morgan fingerprint density at radius 2 is 1.82 bits per heavy atom. The van der Waals surface area contributed by atoms with Crippen molar-refractivity contribution in [3.63, 3.8) is 0 Å². The summed E-state index contributed by atoms with van der Waals surface area (Å²) in [5, 5.41) is 13.4. The fourth-order valence-electron chi connectivity index (χ4n) is 4.23. The lowest BCUT2D eigenvalue weighted by Gasteiger charge is -2.34. The van der Waals surface area contributed by atoms with Crippen LogP contribution in [0.15, 0.2) is 36.5 Å². The number of sulfonamides is 1. The van der Waals surface area contributed by atoms with E-state index in [1.165, 1.54) is 10.5 Å². The fourth-order valence-corrected chi connectivity index (χ4v) is 5.75. The minimum absolute atomic E-state index is 0.00724. The molecule has 0 aliphatic carbocycles. The van der Waals surface area contributed by atoms with Crippen LogP contribution in [-0.2, 0) is 27.0 Å². The number of fused-ring (bicyclic) bond motifs is 1. The van der Waals surface area contributed by atoms with Gasteiger partial charge in [-0.3, -0.25) is 4.79 Å². The average Bonchev–Trinajstić information content (AvgIpc) is 3.22. The van der Waals surface area contributed by atoms with Crippen LogP contribution >= 0.6 is 0 Å². The first-order chi connectivity index (χ1) is 15.8. The van der Waals surface area contributed by atoms with Crippen molar-refractivity contribution in [1.82, 2.24) is 23.8 Å². The Hall–Kier alpha value is -3.29. The summed E-state index contributed by atoms with van der Waals surface area (Å²) >= 11 is 0. The molecule has 1 amide bonds. The number of rotatable bonds is 6. The number of aryl methyl sites for hydroxylation is 2. The van der Waals surface area contributed by atoms with Crippen molar-refractivity contribution in [3.05, 3.63) is 64.6 Å². The van der Waals surface area contributed by atoms with Gasteiger partial charge in [0, 0.05) is 44.0 Å². The van der Waals surface area contributed by atoms with Crippen LogP contribution in [0.5, 0.6) is 0 Å². The van der Waals surface area contributed by atoms with Gasteiger partial charge in [0.2, 0.25) is 15.9 Å². The van der Waals surface area contributed by atoms with Crippen LogP contribution in [0.2, 0.25) is 0 Å². The quantitative estimate of drug-likeness (QED) is 0.548. The molecule has 0 radical (unpaired) electrons. The zero-order valence-corrected chi connectivity index (χ0v) is 19.5. The Bertz CT molecular complexity index is 1320. The lowest BCUT2D eigenvalue weighted by molar-refractivity contribution is -0.132. The Labute approximate surface area is 193 Å². The summed E-state index contributed by atoms with van der Waals surface area (Å²) in [4.78, 5) is 19.1. The highest BCUT2D eigenvalue weighted by atomic mass is 32.2. The molecule has 1 saturated heterocycles. The number of hydrogen-bond donors (Lipinski definition) is 0. The van der Waals surface area contributed by atoms with Gasteiger partial charge < -0.3 is 4.90 Å². The van der Waals surface area contributed by atoms with Crippen molar-refractivity contribution in [1.29, 1.82) is 5.26 Å². The fraction of sp³-hybridized carbons (Fsp3) is 0.391. The maximum atomic E-state index is 12.8. The van der Waals surface area contributed by atoms with Crippen LogP contribution in [0.1, 0.15) is 34.5 Å². The number of piperazine rings is 1. The van der Waals surface area contributed by atoms with E-state index in [1.807, 2.05) is 32.0 Å². The summed E-state index contributed by atoms with van der Waals surface area (Å²) in [6, 6.07) is 11.2. The lowest BCUT2D eigenvalue weighted by Crippen LogP contribution is -2.50. The van der Waals surface area contributed by atoms with E-state index in [0.717, 1.165) is 22.5 Å². The molecule has 3 aromatic rings. The van der Waals surface area contributed by atoms with Crippen molar-refractivity contribution < 1.29 is 13.2 Å². The van der Waals surface area contributed by atoms with Gasteiger partial charge in [0.25, 0.3) is 0 Å². The predicted octanol–water partition coefficient (Wildman–Crippen LogP) is 1.82. The first kappa shape index (κ1) is 22.9. The molecule has 33 heavy (non-hydrogen) atoms. The molecule has 4 rings (SSSR count). The van der Waals surface area contributed by atoms with Gasteiger partial charge in [0.15, 0.2) is 5.65 Å². The number of aromatic nitrogens is 3. The van der Waals surface area contributed by atoms with E-state index >= 15 is 0 Å². The van der Waals surface area contributed by atoms with Gasteiger partial charge in [-0.05, 0) is 31.4 Å². The van der Waals surface area contributed by atoms with Gasteiger partial charge in [0.05, 0.1) is 11.9 Å². The first-order valence-electron chi connectivity index (χ1n) is 10.8. The summed E-state index contributed by atoms with van der Waals surface area (Å²) in [7, 11) is -3.42.